The number of carbonyl (C=O) groups is 2. The molecule has 0 radical (unpaired) electrons. The topological polar surface area (TPSA) is 58.6 Å². The molecule has 0 spiro atoms. The molecule has 0 bridgehead atoms. The molecule has 0 saturated carbocycles. The van der Waals surface area contributed by atoms with Crippen LogP contribution < -0.4 is 10.1 Å². The van der Waals surface area contributed by atoms with E-state index in [1.54, 1.807) is 4.90 Å². The van der Waals surface area contributed by atoms with Gasteiger partial charge in [-0.25, -0.2) is 0 Å². The smallest absolute Gasteiger partial charge is 0.261 e. The lowest BCUT2D eigenvalue weighted by Gasteiger charge is -2.30. The quantitative estimate of drug-likeness (QED) is 0.493. The summed E-state index contributed by atoms with van der Waals surface area (Å²) in [6.07, 6.45) is 2.47. The fraction of sp³-hybridized carbons (Fsp3) is 0.462. The van der Waals surface area contributed by atoms with Gasteiger partial charge in [-0.05, 0) is 36.0 Å². The highest BCUT2D eigenvalue weighted by Gasteiger charge is 2.29. The Bertz CT molecular complexity index is 820. The molecule has 2 aromatic rings. The summed E-state index contributed by atoms with van der Waals surface area (Å²) < 4.78 is 5.93. The molecule has 0 aliphatic carbocycles. The molecule has 1 atom stereocenters. The minimum absolute atomic E-state index is 0.102. The van der Waals surface area contributed by atoms with Crippen LogP contribution >= 0.6 is 0 Å². The van der Waals surface area contributed by atoms with Crippen molar-refractivity contribution in [2.24, 2.45) is 0 Å². The number of unbranched alkanes of at least 4 members (excludes halogenated alkanes) is 1. The first-order chi connectivity index (χ1) is 15.0. The zero-order valence-corrected chi connectivity index (χ0v) is 19.3. The first-order valence-corrected chi connectivity index (χ1v) is 11.3. The molecule has 0 aliphatic rings. The minimum atomic E-state index is -0.534. The van der Waals surface area contributed by atoms with Gasteiger partial charge in [0.05, 0.1) is 0 Å². The van der Waals surface area contributed by atoms with Crippen LogP contribution in [0.5, 0.6) is 5.75 Å². The van der Waals surface area contributed by atoms with Crippen LogP contribution in [0.2, 0.25) is 0 Å². The fourth-order valence-electron chi connectivity index (χ4n) is 3.52. The molecule has 2 aromatic carbocycles. The molecule has 5 heteroatoms. The molecule has 0 unspecified atom stereocenters. The lowest BCUT2D eigenvalue weighted by atomic mass is 10.0. The Morgan fingerprint density at radius 1 is 1.00 bits per heavy atom. The van der Waals surface area contributed by atoms with Gasteiger partial charge in [0.1, 0.15) is 11.8 Å². The van der Waals surface area contributed by atoms with Gasteiger partial charge in [-0.1, -0.05) is 82.6 Å². The Hall–Kier alpha value is -2.82. The van der Waals surface area contributed by atoms with Crippen LogP contribution in [0, 0.1) is 0 Å². The molecule has 1 N–H and O–H groups in total. The van der Waals surface area contributed by atoms with Crippen molar-refractivity contribution in [3.05, 3.63) is 65.7 Å². The second-order valence-corrected chi connectivity index (χ2v) is 8.06. The van der Waals surface area contributed by atoms with Crippen LogP contribution in [0.25, 0.3) is 0 Å². The molecular weight excluding hydrogens is 388 g/mol. The van der Waals surface area contributed by atoms with Crippen molar-refractivity contribution in [3.63, 3.8) is 0 Å². The van der Waals surface area contributed by atoms with E-state index in [-0.39, 0.29) is 18.4 Å². The molecule has 0 aliphatic heterocycles. The number of amides is 2. The van der Waals surface area contributed by atoms with Crippen molar-refractivity contribution >= 4 is 11.8 Å². The Kier molecular flexibility index (Phi) is 10.1. The van der Waals surface area contributed by atoms with E-state index in [9.17, 15) is 9.59 Å². The lowest BCUT2D eigenvalue weighted by Crippen LogP contribution is -2.50. The monoisotopic (exact) mass is 424 g/mol. The van der Waals surface area contributed by atoms with Crippen molar-refractivity contribution in [1.29, 1.82) is 0 Å². The van der Waals surface area contributed by atoms with E-state index in [0.717, 1.165) is 24.0 Å². The third kappa shape index (κ3) is 7.42. The first-order valence-electron chi connectivity index (χ1n) is 11.3. The Labute approximate surface area is 186 Å². The van der Waals surface area contributed by atoms with Crippen LogP contribution in [-0.2, 0) is 16.1 Å². The second-order valence-electron chi connectivity index (χ2n) is 8.06. The normalized spacial score (nSPS) is 11.8. The number of nitrogens with one attached hydrogen (secondary N) is 1. The number of benzene rings is 2. The second kappa shape index (κ2) is 12.8. The van der Waals surface area contributed by atoms with E-state index in [2.05, 4.69) is 26.1 Å². The summed E-state index contributed by atoms with van der Waals surface area (Å²) in [6, 6.07) is 17.0. The van der Waals surface area contributed by atoms with Gasteiger partial charge in [0.25, 0.3) is 5.91 Å². The van der Waals surface area contributed by atoms with Gasteiger partial charge in [-0.15, -0.1) is 0 Å². The Morgan fingerprint density at radius 2 is 1.68 bits per heavy atom. The van der Waals surface area contributed by atoms with Crippen molar-refractivity contribution < 1.29 is 14.3 Å². The maximum absolute atomic E-state index is 13.3. The van der Waals surface area contributed by atoms with E-state index in [1.165, 1.54) is 0 Å². The van der Waals surface area contributed by atoms with Gasteiger partial charge in [-0.3, -0.25) is 9.59 Å². The van der Waals surface area contributed by atoms with Crippen LogP contribution in [0.3, 0.4) is 0 Å². The largest absolute Gasteiger partial charge is 0.483 e. The SMILES string of the molecule is CCCCNC(=O)[C@@H](CC)N(Cc1ccccc1)C(=O)COc1ccccc1C(C)C. The maximum Gasteiger partial charge on any atom is 0.261 e. The molecule has 0 aromatic heterocycles. The number of nitrogens with zero attached hydrogens (tertiary/aromatic N) is 1. The van der Waals surface area contributed by atoms with E-state index < -0.39 is 6.04 Å². The molecule has 5 nitrogen and oxygen atoms in total. The number of hydrogen-bond donors (Lipinski definition) is 1. The predicted molar refractivity (Wildman–Crippen MR) is 125 cm³/mol. The molecule has 0 heterocycles. The third-order valence-corrected chi connectivity index (χ3v) is 5.30. The van der Waals surface area contributed by atoms with Crippen LogP contribution in [-0.4, -0.2) is 35.9 Å². The zero-order valence-electron chi connectivity index (χ0n) is 19.3. The summed E-state index contributed by atoms with van der Waals surface area (Å²) in [7, 11) is 0. The molecule has 0 saturated heterocycles. The molecule has 2 amide bonds. The average molecular weight is 425 g/mol. The van der Waals surface area contributed by atoms with Gasteiger partial charge in [0, 0.05) is 13.1 Å². The zero-order chi connectivity index (χ0) is 22.6. The number of ether oxygens (including phenoxy) is 1. The molecule has 0 fully saturated rings. The highest BCUT2D eigenvalue weighted by Crippen LogP contribution is 2.26. The van der Waals surface area contributed by atoms with E-state index in [4.69, 9.17) is 4.74 Å². The number of hydrogen-bond acceptors (Lipinski definition) is 3. The third-order valence-electron chi connectivity index (χ3n) is 5.30. The van der Waals surface area contributed by atoms with Gasteiger partial charge in [0.15, 0.2) is 6.61 Å². The minimum Gasteiger partial charge on any atom is -0.483 e. The summed E-state index contributed by atoms with van der Waals surface area (Å²) in [6.45, 7) is 9.10. The van der Waals surface area contributed by atoms with Gasteiger partial charge in [0.2, 0.25) is 5.91 Å². The van der Waals surface area contributed by atoms with Crippen molar-refractivity contribution in [2.45, 2.75) is 65.5 Å². The standard InChI is InChI=1S/C26H36N2O3/c1-5-7-17-27-26(30)23(6-2)28(18-21-13-9-8-10-14-21)25(29)19-31-24-16-12-11-15-22(24)20(3)4/h8-16,20,23H,5-7,17-19H2,1-4H3,(H,27,30)/t23-/m1/s1. The fourth-order valence-corrected chi connectivity index (χ4v) is 3.52. The predicted octanol–water partition coefficient (Wildman–Crippen LogP) is 4.91. The van der Waals surface area contributed by atoms with E-state index in [1.807, 2.05) is 61.5 Å². The number of carbonyl (C=O) groups excluding carboxylic acids is 2. The summed E-state index contributed by atoms with van der Waals surface area (Å²) in [5.41, 5.74) is 2.05. The molecule has 168 valence electrons. The van der Waals surface area contributed by atoms with Crippen molar-refractivity contribution in [2.75, 3.05) is 13.2 Å². The summed E-state index contributed by atoms with van der Waals surface area (Å²) >= 11 is 0. The maximum atomic E-state index is 13.3. The Balaban J connectivity index is 2.18. The highest BCUT2D eigenvalue weighted by atomic mass is 16.5. The first kappa shape index (κ1) is 24.4. The van der Waals surface area contributed by atoms with Gasteiger partial charge in [-0.2, -0.15) is 0 Å². The summed E-state index contributed by atoms with van der Waals surface area (Å²) in [4.78, 5) is 27.8. The van der Waals surface area contributed by atoms with Gasteiger partial charge >= 0.3 is 0 Å². The highest BCUT2D eigenvalue weighted by molar-refractivity contribution is 5.88. The van der Waals surface area contributed by atoms with Crippen LogP contribution in [0.4, 0.5) is 0 Å². The number of rotatable bonds is 12. The van der Waals surface area contributed by atoms with Crippen molar-refractivity contribution in [1.82, 2.24) is 10.2 Å². The molecular formula is C26H36N2O3. The van der Waals surface area contributed by atoms with Gasteiger partial charge < -0.3 is 15.0 Å². The van der Waals surface area contributed by atoms with E-state index >= 15 is 0 Å². The molecule has 31 heavy (non-hydrogen) atoms. The van der Waals surface area contributed by atoms with E-state index in [0.29, 0.717) is 31.2 Å². The number of para-hydroxylation sites is 1. The summed E-state index contributed by atoms with van der Waals surface area (Å²) in [5.74, 6) is 0.702. The van der Waals surface area contributed by atoms with Crippen molar-refractivity contribution in [3.8, 4) is 5.75 Å². The van der Waals surface area contributed by atoms with Crippen LogP contribution in [0.1, 0.15) is 64.0 Å². The summed E-state index contributed by atoms with van der Waals surface area (Å²) in [5, 5.41) is 2.98. The average Bonchev–Trinajstić information content (AvgIpc) is 2.78. The molecule has 2 rings (SSSR count). The van der Waals surface area contributed by atoms with Crippen LogP contribution in [0.15, 0.2) is 54.6 Å². The Morgan fingerprint density at radius 3 is 2.32 bits per heavy atom. The lowest BCUT2D eigenvalue weighted by molar-refractivity contribution is -0.143.